The lowest BCUT2D eigenvalue weighted by atomic mass is 10.1. The number of para-hydroxylation sites is 1. The SMILES string of the molecule is O=C(C1CCN(S(=O)(=O)c2ccc(C(F)(F)F)cn2)C1)N1CCN(c2ccnc3ccccc23)CC1. The van der Waals surface area contributed by atoms with Crippen LogP contribution in [0, 0.1) is 5.92 Å². The molecule has 2 fully saturated rings. The zero-order chi connectivity index (χ0) is 25.5. The number of aromatic nitrogens is 2. The van der Waals surface area contributed by atoms with E-state index in [1.54, 1.807) is 11.1 Å². The van der Waals surface area contributed by atoms with Crippen molar-refractivity contribution in [2.24, 2.45) is 5.92 Å². The Morgan fingerprint density at radius 3 is 2.39 bits per heavy atom. The Hall–Kier alpha value is -3.25. The van der Waals surface area contributed by atoms with E-state index in [2.05, 4.69) is 14.9 Å². The third-order valence-electron chi connectivity index (χ3n) is 6.73. The molecule has 1 atom stereocenters. The van der Waals surface area contributed by atoms with Crippen LogP contribution in [0.5, 0.6) is 0 Å². The van der Waals surface area contributed by atoms with E-state index in [1.165, 1.54) is 0 Å². The molecule has 0 radical (unpaired) electrons. The normalized spacial score (nSPS) is 19.7. The molecule has 190 valence electrons. The number of benzene rings is 1. The Balaban J connectivity index is 1.21. The summed E-state index contributed by atoms with van der Waals surface area (Å²) in [7, 11) is -4.09. The van der Waals surface area contributed by atoms with Gasteiger partial charge in [-0.05, 0) is 30.7 Å². The number of carbonyl (C=O) groups is 1. The first kappa shape index (κ1) is 24.4. The number of alkyl halides is 3. The van der Waals surface area contributed by atoms with Gasteiger partial charge in [-0.1, -0.05) is 18.2 Å². The number of carbonyl (C=O) groups excluding carboxylic acids is 1. The minimum absolute atomic E-state index is 0.0148. The van der Waals surface area contributed by atoms with Crippen molar-refractivity contribution in [2.75, 3.05) is 44.2 Å². The molecule has 2 aliphatic rings. The highest BCUT2D eigenvalue weighted by molar-refractivity contribution is 7.89. The predicted octanol–water partition coefficient (Wildman–Crippen LogP) is 3.01. The molecule has 1 aromatic carbocycles. The van der Waals surface area contributed by atoms with E-state index in [-0.39, 0.29) is 19.0 Å². The second-order valence-corrected chi connectivity index (χ2v) is 10.8. The molecule has 12 heteroatoms. The Bertz CT molecular complexity index is 1370. The number of piperazine rings is 1. The van der Waals surface area contributed by atoms with Crippen molar-refractivity contribution >= 4 is 32.5 Å². The number of sulfonamides is 1. The lowest BCUT2D eigenvalue weighted by Crippen LogP contribution is -2.50. The van der Waals surface area contributed by atoms with Gasteiger partial charge in [-0.25, -0.2) is 13.4 Å². The van der Waals surface area contributed by atoms with Gasteiger partial charge in [0.15, 0.2) is 5.03 Å². The molecule has 2 aromatic heterocycles. The summed E-state index contributed by atoms with van der Waals surface area (Å²) in [6.07, 6.45) is -1.96. The Morgan fingerprint density at radius 1 is 0.944 bits per heavy atom. The van der Waals surface area contributed by atoms with Gasteiger partial charge in [-0.15, -0.1) is 0 Å². The fourth-order valence-corrected chi connectivity index (χ4v) is 6.18. The van der Waals surface area contributed by atoms with Gasteiger partial charge >= 0.3 is 6.18 Å². The first-order valence-electron chi connectivity index (χ1n) is 11.6. The summed E-state index contributed by atoms with van der Waals surface area (Å²) < 4.78 is 65.2. The molecule has 4 heterocycles. The summed E-state index contributed by atoms with van der Waals surface area (Å²) in [5.41, 5.74) is 0.952. The summed E-state index contributed by atoms with van der Waals surface area (Å²) >= 11 is 0. The zero-order valence-electron chi connectivity index (χ0n) is 19.2. The molecule has 8 nitrogen and oxygen atoms in total. The standard InChI is InChI=1S/C24H24F3N5O3S/c25-24(26,27)18-5-6-22(29-15-18)36(34,35)32-10-8-17(16-32)23(33)31-13-11-30(12-14-31)21-7-9-28-20-4-2-1-3-19(20)21/h1-7,9,15,17H,8,10-14,16H2. The summed E-state index contributed by atoms with van der Waals surface area (Å²) in [6, 6.07) is 11.4. The number of hydrogen-bond acceptors (Lipinski definition) is 6. The van der Waals surface area contributed by atoms with Gasteiger partial charge in [0.25, 0.3) is 10.0 Å². The highest BCUT2D eigenvalue weighted by Gasteiger charge is 2.39. The largest absolute Gasteiger partial charge is 0.417 e. The Morgan fingerprint density at radius 2 is 1.69 bits per heavy atom. The summed E-state index contributed by atoms with van der Waals surface area (Å²) in [4.78, 5) is 25.1. The quantitative estimate of drug-likeness (QED) is 0.527. The van der Waals surface area contributed by atoms with Gasteiger partial charge < -0.3 is 9.80 Å². The number of halogens is 3. The molecular formula is C24H24F3N5O3S. The predicted molar refractivity (Wildman–Crippen MR) is 127 cm³/mol. The summed E-state index contributed by atoms with van der Waals surface area (Å²) in [5.74, 6) is -0.602. The monoisotopic (exact) mass is 519 g/mol. The molecule has 1 unspecified atom stereocenters. The van der Waals surface area contributed by atoms with Crippen molar-refractivity contribution in [1.82, 2.24) is 19.2 Å². The van der Waals surface area contributed by atoms with E-state index in [9.17, 15) is 26.4 Å². The maximum atomic E-state index is 13.2. The summed E-state index contributed by atoms with van der Waals surface area (Å²) in [5, 5.41) is 0.593. The molecule has 0 spiro atoms. The molecule has 1 amide bonds. The van der Waals surface area contributed by atoms with E-state index < -0.39 is 32.7 Å². The van der Waals surface area contributed by atoms with Gasteiger partial charge in [0, 0.05) is 62.7 Å². The maximum Gasteiger partial charge on any atom is 0.417 e. The number of amides is 1. The highest BCUT2D eigenvalue weighted by Crippen LogP contribution is 2.31. The molecule has 2 saturated heterocycles. The van der Waals surface area contributed by atoms with Crippen LogP contribution in [0.2, 0.25) is 0 Å². The zero-order valence-corrected chi connectivity index (χ0v) is 20.0. The van der Waals surface area contributed by atoms with E-state index >= 15 is 0 Å². The van der Waals surface area contributed by atoms with Gasteiger partial charge in [0.2, 0.25) is 5.91 Å². The van der Waals surface area contributed by atoms with Gasteiger partial charge in [-0.3, -0.25) is 9.78 Å². The number of anilines is 1. The van der Waals surface area contributed by atoms with Crippen molar-refractivity contribution in [2.45, 2.75) is 17.6 Å². The average Bonchev–Trinajstić information content (AvgIpc) is 3.39. The second kappa shape index (κ2) is 9.32. The van der Waals surface area contributed by atoms with Crippen molar-refractivity contribution < 1.29 is 26.4 Å². The molecule has 0 aliphatic carbocycles. The molecule has 0 N–H and O–H groups in total. The molecule has 0 saturated carbocycles. The first-order valence-corrected chi connectivity index (χ1v) is 13.0. The highest BCUT2D eigenvalue weighted by atomic mass is 32.2. The molecular weight excluding hydrogens is 495 g/mol. The smallest absolute Gasteiger partial charge is 0.367 e. The third kappa shape index (κ3) is 4.62. The van der Waals surface area contributed by atoms with Crippen LogP contribution in [-0.2, 0) is 21.0 Å². The van der Waals surface area contributed by atoms with Gasteiger partial charge in [0.05, 0.1) is 17.0 Å². The fourth-order valence-electron chi connectivity index (χ4n) is 4.76. The number of rotatable bonds is 4. The molecule has 0 bridgehead atoms. The van der Waals surface area contributed by atoms with Crippen molar-refractivity contribution in [3.63, 3.8) is 0 Å². The molecule has 5 rings (SSSR count). The van der Waals surface area contributed by atoms with Crippen LogP contribution in [0.4, 0.5) is 18.9 Å². The minimum atomic E-state index is -4.60. The van der Waals surface area contributed by atoms with Crippen LogP contribution < -0.4 is 4.90 Å². The van der Waals surface area contributed by atoms with Gasteiger partial charge in [0.1, 0.15) is 0 Å². The lowest BCUT2D eigenvalue weighted by molar-refractivity contribution is -0.138. The van der Waals surface area contributed by atoms with Gasteiger partial charge in [-0.2, -0.15) is 17.5 Å². The van der Waals surface area contributed by atoms with Crippen LogP contribution in [0.3, 0.4) is 0 Å². The van der Waals surface area contributed by atoms with E-state index in [4.69, 9.17) is 0 Å². The molecule has 36 heavy (non-hydrogen) atoms. The first-order chi connectivity index (χ1) is 17.1. The van der Waals surface area contributed by atoms with Crippen LogP contribution in [-0.4, -0.2) is 72.8 Å². The van der Waals surface area contributed by atoms with Crippen LogP contribution >= 0.6 is 0 Å². The maximum absolute atomic E-state index is 13.2. The Labute approximate surface area is 206 Å². The van der Waals surface area contributed by atoms with Crippen molar-refractivity contribution in [3.8, 4) is 0 Å². The Kier molecular flexibility index (Phi) is 6.33. The fraction of sp³-hybridized carbons (Fsp3) is 0.375. The number of hydrogen-bond donors (Lipinski definition) is 0. The molecule has 2 aliphatic heterocycles. The van der Waals surface area contributed by atoms with Crippen LogP contribution in [0.15, 0.2) is 59.9 Å². The average molecular weight is 520 g/mol. The summed E-state index contributed by atoms with van der Waals surface area (Å²) in [6.45, 7) is 2.41. The van der Waals surface area contributed by atoms with E-state index in [0.29, 0.717) is 44.9 Å². The van der Waals surface area contributed by atoms with E-state index in [0.717, 1.165) is 27.0 Å². The number of pyridine rings is 2. The van der Waals surface area contributed by atoms with Crippen molar-refractivity contribution in [3.05, 3.63) is 60.4 Å². The number of nitrogens with zero attached hydrogens (tertiary/aromatic N) is 5. The third-order valence-corrected chi connectivity index (χ3v) is 8.51. The lowest BCUT2D eigenvalue weighted by Gasteiger charge is -2.37. The second-order valence-electron chi connectivity index (χ2n) is 8.89. The van der Waals surface area contributed by atoms with Crippen molar-refractivity contribution in [1.29, 1.82) is 0 Å². The van der Waals surface area contributed by atoms with E-state index in [1.807, 2.05) is 30.3 Å². The topological polar surface area (TPSA) is 86.7 Å². The van der Waals surface area contributed by atoms with Crippen LogP contribution in [0.1, 0.15) is 12.0 Å². The number of fused-ring (bicyclic) bond motifs is 1. The minimum Gasteiger partial charge on any atom is -0.367 e. The van der Waals surface area contributed by atoms with Crippen LogP contribution in [0.25, 0.3) is 10.9 Å². The molecule has 3 aromatic rings.